The molecule has 1 heterocycles. The number of alkyl halides is 2. The van der Waals surface area contributed by atoms with E-state index < -0.39 is 18.4 Å². The normalized spacial score (nSPS) is 21.9. The van der Waals surface area contributed by atoms with Crippen molar-refractivity contribution < 1.29 is 18.3 Å². The molecule has 94 valence electrons. The van der Waals surface area contributed by atoms with Crippen LogP contribution in [0.1, 0.15) is 25.3 Å². The molecule has 2 rings (SSSR count). The third-order valence-electron chi connectivity index (χ3n) is 3.10. The first-order chi connectivity index (χ1) is 7.97. The van der Waals surface area contributed by atoms with Gasteiger partial charge in [0.2, 0.25) is 0 Å². The maximum Gasteiger partial charge on any atom is 0.288 e. The maximum absolute atomic E-state index is 13.9. The van der Waals surface area contributed by atoms with Crippen LogP contribution >= 0.6 is 0 Å². The maximum atomic E-state index is 13.9. The average molecular weight is 242 g/mol. The highest BCUT2D eigenvalue weighted by Gasteiger charge is 2.48. The molecular formula is C13H16F2O2. The van der Waals surface area contributed by atoms with E-state index in [4.69, 9.17) is 9.47 Å². The number of methoxy groups -OCH3 is 1. The summed E-state index contributed by atoms with van der Waals surface area (Å²) in [4.78, 5) is 0. The molecule has 0 N–H and O–H groups in total. The van der Waals surface area contributed by atoms with E-state index in [0.29, 0.717) is 17.1 Å². The molecule has 0 bridgehead atoms. The third kappa shape index (κ3) is 1.96. The second-order valence-electron chi connectivity index (χ2n) is 4.64. The van der Waals surface area contributed by atoms with E-state index >= 15 is 0 Å². The zero-order chi connectivity index (χ0) is 12.6. The summed E-state index contributed by atoms with van der Waals surface area (Å²) in [5.74, 6) is -2.91. The summed E-state index contributed by atoms with van der Waals surface area (Å²) >= 11 is 0. The van der Waals surface area contributed by atoms with Gasteiger partial charge in [-0.15, -0.1) is 0 Å². The number of ether oxygens (including phenoxy) is 2. The number of fused-ring (bicyclic) bond motifs is 1. The highest BCUT2D eigenvalue weighted by Crippen LogP contribution is 2.50. The number of hydrogen-bond acceptors (Lipinski definition) is 2. The second kappa shape index (κ2) is 4.17. The van der Waals surface area contributed by atoms with Crippen molar-refractivity contribution in [3.63, 3.8) is 0 Å². The summed E-state index contributed by atoms with van der Waals surface area (Å²) in [5, 5.41) is 0. The molecule has 1 aromatic carbocycles. The van der Waals surface area contributed by atoms with Gasteiger partial charge in [0, 0.05) is 5.56 Å². The van der Waals surface area contributed by atoms with Crippen LogP contribution < -0.4 is 9.47 Å². The monoisotopic (exact) mass is 242 g/mol. The van der Waals surface area contributed by atoms with Crippen LogP contribution in [0.5, 0.6) is 11.5 Å². The number of hydrogen-bond donors (Lipinski definition) is 0. The highest BCUT2D eigenvalue weighted by atomic mass is 19.3. The van der Waals surface area contributed by atoms with Gasteiger partial charge >= 0.3 is 0 Å². The Morgan fingerprint density at radius 2 is 2.12 bits per heavy atom. The molecule has 0 radical (unpaired) electrons. The minimum Gasteiger partial charge on any atom is -0.496 e. The van der Waals surface area contributed by atoms with Crippen LogP contribution in [-0.2, 0) is 0 Å². The van der Waals surface area contributed by atoms with Crippen molar-refractivity contribution in [1.82, 2.24) is 0 Å². The summed E-state index contributed by atoms with van der Waals surface area (Å²) in [6.45, 7) is 3.02. The molecular weight excluding hydrogens is 226 g/mol. The van der Waals surface area contributed by atoms with Crippen molar-refractivity contribution in [3.8, 4) is 11.5 Å². The fourth-order valence-corrected chi connectivity index (χ4v) is 2.43. The first-order valence-electron chi connectivity index (χ1n) is 5.65. The number of rotatable bonds is 2. The van der Waals surface area contributed by atoms with E-state index in [-0.39, 0.29) is 5.92 Å². The molecule has 0 spiro atoms. The molecule has 0 saturated heterocycles. The quantitative estimate of drug-likeness (QED) is 0.790. The van der Waals surface area contributed by atoms with Gasteiger partial charge in [0.1, 0.15) is 11.5 Å². The topological polar surface area (TPSA) is 18.5 Å². The lowest BCUT2D eigenvalue weighted by molar-refractivity contribution is -0.0888. The van der Waals surface area contributed by atoms with E-state index in [1.165, 1.54) is 7.11 Å². The standard InChI is InChI=1S/C13H16F2O2/c1-8(2)12-11-9(16-3)5-4-6-10(11)17-7-13(12,14)15/h4-6,8,12H,7H2,1-3H3. The van der Waals surface area contributed by atoms with Crippen LogP contribution in [0.3, 0.4) is 0 Å². The van der Waals surface area contributed by atoms with E-state index in [2.05, 4.69) is 0 Å². The largest absolute Gasteiger partial charge is 0.496 e. The summed E-state index contributed by atoms with van der Waals surface area (Å²) < 4.78 is 38.2. The van der Waals surface area contributed by atoms with E-state index in [0.717, 1.165) is 0 Å². The zero-order valence-electron chi connectivity index (χ0n) is 10.2. The summed E-state index contributed by atoms with van der Waals surface area (Å²) in [6, 6.07) is 5.15. The van der Waals surface area contributed by atoms with E-state index in [1.54, 1.807) is 32.0 Å². The van der Waals surface area contributed by atoms with Crippen molar-refractivity contribution in [1.29, 1.82) is 0 Å². The van der Waals surface area contributed by atoms with Gasteiger partial charge < -0.3 is 9.47 Å². The average Bonchev–Trinajstić information content (AvgIpc) is 2.26. The fraction of sp³-hybridized carbons (Fsp3) is 0.538. The minimum atomic E-state index is -2.85. The Labute approximate surface area is 99.5 Å². The van der Waals surface area contributed by atoms with Crippen molar-refractivity contribution in [2.75, 3.05) is 13.7 Å². The minimum absolute atomic E-state index is 0.177. The Morgan fingerprint density at radius 1 is 1.41 bits per heavy atom. The van der Waals surface area contributed by atoms with Crippen molar-refractivity contribution in [3.05, 3.63) is 23.8 Å². The molecule has 0 saturated carbocycles. The fourth-order valence-electron chi connectivity index (χ4n) is 2.43. The Morgan fingerprint density at radius 3 is 2.71 bits per heavy atom. The van der Waals surface area contributed by atoms with Gasteiger partial charge in [-0.05, 0) is 18.1 Å². The predicted octanol–water partition coefficient (Wildman–Crippen LogP) is 3.46. The molecule has 0 fully saturated rings. The van der Waals surface area contributed by atoms with Gasteiger partial charge in [0.25, 0.3) is 5.92 Å². The predicted molar refractivity (Wildman–Crippen MR) is 61.0 cm³/mol. The van der Waals surface area contributed by atoms with Crippen molar-refractivity contribution in [2.45, 2.75) is 25.7 Å². The second-order valence-corrected chi connectivity index (χ2v) is 4.64. The molecule has 0 amide bonds. The zero-order valence-corrected chi connectivity index (χ0v) is 10.2. The van der Waals surface area contributed by atoms with Crippen LogP contribution in [-0.4, -0.2) is 19.6 Å². The van der Waals surface area contributed by atoms with Gasteiger partial charge in [-0.25, -0.2) is 8.78 Å². The SMILES string of the molecule is COc1cccc2c1C(C(C)C)C(F)(F)CO2. The lowest BCUT2D eigenvalue weighted by Crippen LogP contribution is -2.40. The van der Waals surface area contributed by atoms with Crippen LogP contribution in [0.25, 0.3) is 0 Å². The lowest BCUT2D eigenvalue weighted by atomic mass is 9.81. The van der Waals surface area contributed by atoms with Crippen molar-refractivity contribution in [2.24, 2.45) is 5.92 Å². The van der Waals surface area contributed by atoms with Gasteiger partial charge in [-0.3, -0.25) is 0 Å². The smallest absolute Gasteiger partial charge is 0.288 e. The molecule has 17 heavy (non-hydrogen) atoms. The highest BCUT2D eigenvalue weighted by molar-refractivity contribution is 5.49. The molecule has 1 aromatic rings. The summed E-state index contributed by atoms with van der Waals surface area (Å²) in [7, 11) is 1.49. The van der Waals surface area contributed by atoms with Crippen LogP contribution in [0.4, 0.5) is 8.78 Å². The van der Waals surface area contributed by atoms with Gasteiger partial charge in [-0.1, -0.05) is 19.9 Å². The molecule has 1 unspecified atom stereocenters. The Bertz CT molecular complexity index is 402. The number of benzene rings is 1. The van der Waals surface area contributed by atoms with E-state index in [9.17, 15) is 8.78 Å². The molecule has 1 atom stereocenters. The summed E-state index contributed by atoms with van der Waals surface area (Å²) in [5.41, 5.74) is 0.487. The van der Waals surface area contributed by atoms with Crippen molar-refractivity contribution >= 4 is 0 Å². The Kier molecular flexibility index (Phi) is 2.98. The van der Waals surface area contributed by atoms with Crippen LogP contribution in [0, 0.1) is 5.92 Å². The third-order valence-corrected chi connectivity index (χ3v) is 3.10. The molecule has 1 aliphatic heterocycles. The van der Waals surface area contributed by atoms with Crippen LogP contribution in [0.2, 0.25) is 0 Å². The van der Waals surface area contributed by atoms with Gasteiger partial charge in [0.05, 0.1) is 13.0 Å². The molecule has 4 heteroatoms. The molecule has 0 aromatic heterocycles. The summed E-state index contributed by atoms with van der Waals surface area (Å²) in [6.07, 6.45) is 0. The van der Waals surface area contributed by atoms with Gasteiger partial charge in [-0.2, -0.15) is 0 Å². The van der Waals surface area contributed by atoms with Gasteiger partial charge in [0.15, 0.2) is 6.61 Å². The Balaban J connectivity index is 2.58. The number of halogens is 2. The first kappa shape index (κ1) is 12.1. The molecule has 2 nitrogen and oxygen atoms in total. The van der Waals surface area contributed by atoms with E-state index in [1.807, 2.05) is 0 Å². The lowest BCUT2D eigenvalue weighted by Gasteiger charge is -2.36. The molecule has 0 aliphatic carbocycles. The van der Waals surface area contributed by atoms with Crippen LogP contribution in [0.15, 0.2) is 18.2 Å². The Hall–Kier alpha value is -1.32. The first-order valence-corrected chi connectivity index (χ1v) is 5.65. The molecule has 1 aliphatic rings.